The molecule has 7 heteroatoms. The Kier molecular flexibility index (Phi) is 3.37. The molecule has 0 bridgehead atoms. The molecular weight excluding hydrogens is 220 g/mol. The molecule has 88 valence electrons. The standard InChI is InChI=1S/C8H16N2O4S/c1-6(2)9-4-5-10(15(9,13)14)7(3)8(11)12/h6-7H,4-5H2,1-3H3,(H,11,12)/t7-/m1/s1. The van der Waals surface area contributed by atoms with Crippen molar-refractivity contribution in [3.05, 3.63) is 0 Å². The van der Waals surface area contributed by atoms with Crippen LogP contribution in [0, 0.1) is 0 Å². The molecule has 1 saturated heterocycles. The zero-order chi connectivity index (χ0) is 11.8. The number of aliphatic carboxylic acids is 1. The first-order valence-corrected chi connectivity index (χ1v) is 6.19. The van der Waals surface area contributed by atoms with E-state index < -0.39 is 22.2 Å². The third-order valence-electron chi connectivity index (χ3n) is 2.50. The highest BCUT2D eigenvalue weighted by Crippen LogP contribution is 2.21. The lowest BCUT2D eigenvalue weighted by atomic mass is 10.3. The van der Waals surface area contributed by atoms with Gasteiger partial charge in [0.05, 0.1) is 0 Å². The first kappa shape index (κ1) is 12.4. The monoisotopic (exact) mass is 236 g/mol. The van der Waals surface area contributed by atoms with Crippen LogP contribution in [0.2, 0.25) is 0 Å². The summed E-state index contributed by atoms with van der Waals surface area (Å²) in [5.74, 6) is -1.12. The predicted octanol–water partition coefficient (Wildman–Crippen LogP) is -0.270. The Hall–Kier alpha value is -0.660. The fourth-order valence-corrected chi connectivity index (χ4v) is 3.52. The molecule has 1 heterocycles. The maximum Gasteiger partial charge on any atom is 0.321 e. The molecule has 1 aliphatic heterocycles. The van der Waals surface area contributed by atoms with Gasteiger partial charge in [-0.3, -0.25) is 4.79 Å². The Labute approximate surface area is 89.7 Å². The van der Waals surface area contributed by atoms with Crippen LogP contribution < -0.4 is 0 Å². The highest BCUT2D eigenvalue weighted by molar-refractivity contribution is 7.87. The number of carboxylic acid groups (broad SMARTS) is 1. The second-order valence-electron chi connectivity index (χ2n) is 3.84. The fraction of sp³-hybridized carbons (Fsp3) is 0.875. The van der Waals surface area contributed by atoms with Crippen LogP contribution in [-0.2, 0) is 15.0 Å². The molecule has 6 nitrogen and oxygen atoms in total. The number of nitrogens with zero attached hydrogens (tertiary/aromatic N) is 2. The molecular formula is C8H16N2O4S. The summed E-state index contributed by atoms with van der Waals surface area (Å²) >= 11 is 0. The summed E-state index contributed by atoms with van der Waals surface area (Å²) in [5.41, 5.74) is 0. The quantitative estimate of drug-likeness (QED) is 0.731. The maximum atomic E-state index is 11.9. The Balaban J connectivity index is 2.94. The van der Waals surface area contributed by atoms with E-state index in [-0.39, 0.29) is 12.6 Å². The van der Waals surface area contributed by atoms with Gasteiger partial charge in [-0.1, -0.05) is 0 Å². The van der Waals surface area contributed by atoms with Crippen LogP contribution in [0.3, 0.4) is 0 Å². The second kappa shape index (κ2) is 4.07. The highest BCUT2D eigenvalue weighted by atomic mass is 32.2. The van der Waals surface area contributed by atoms with Gasteiger partial charge < -0.3 is 5.11 Å². The van der Waals surface area contributed by atoms with Crippen molar-refractivity contribution < 1.29 is 18.3 Å². The summed E-state index contributed by atoms with van der Waals surface area (Å²) in [6.07, 6.45) is 0. The Morgan fingerprint density at radius 2 is 1.67 bits per heavy atom. The minimum atomic E-state index is -3.59. The average molecular weight is 236 g/mol. The lowest BCUT2D eigenvalue weighted by Crippen LogP contribution is -2.43. The first-order valence-electron chi connectivity index (χ1n) is 4.80. The fourth-order valence-electron chi connectivity index (χ4n) is 1.60. The predicted molar refractivity (Wildman–Crippen MR) is 54.6 cm³/mol. The van der Waals surface area contributed by atoms with E-state index >= 15 is 0 Å². The molecule has 0 aromatic carbocycles. The number of hydrogen-bond acceptors (Lipinski definition) is 3. The summed E-state index contributed by atoms with van der Waals surface area (Å²) in [6.45, 7) is 5.52. The molecule has 1 fully saturated rings. The molecule has 0 unspecified atom stereocenters. The van der Waals surface area contributed by atoms with Gasteiger partial charge in [0.2, 0.25) is 0 Å². The van der Waals surface area contributed by atoms with Crippen molar-refractivity contribution in [2.45, 2.75) is 32.9 Å². The summed E-state index contributed by atoms with van der Waals surface area (Å²) in [6, 6.07) is -1.14. The molecule has 0 aromatic rings. The molecule has 0 amide bonds. The third kappa shape index (κ3) is 2.14. The van der Waals surface area contributed by atoms with E-state index in [0.717, 1.165) is 4.31 Å². The van der Waals surface area contributed by atoms with Gasteiger partial charge in [-0.15, -0.1) is 0 Å². The van der Waals surface area contributed by atoms with Crippen LogP contribution >= 0.6 is 0 Å². The van der Waals surface area contributed by atoms with Gasteiger partial charge in [0, 0.05) is 19.1 Å². The normalized spacial score (nSPS) is 24.5. The van der Waals surface area contributed by atoms with Crippen LogP contribution in [0.25, 0.3) is 0 Å². The average Bonchev–Trinajstić information content (AvgIpc) is 2.39. The van der Waals surface area contributed by atoms with Crippen LogP contribution in [-0.4, -0.2) is 53.3 Å². The van der Waals surface area contributed by atoms with E-state index in [1.165, 1.54) is 11.2 Å². The molecule has 15 heavy (non-hydrogen) atoms. The lowest BCUT2D eigenvalue weighted by Gasteiger charge is -2.23. The van der Waals surface area contributed by atoms with E-state index in [1.807, 2.05) is 0 Å². The zero-order valence-corrected chi connectivity index (χ0v) is 9.86. The minimum absolute atomic E-state index is 0.138. The summed E-state index contributed by atoms with van der Waals surface area (Å²) in [5, 5.41) is 8.77. The van der Waals surface area contributed by atoms with Crippen LogP contribution in [0.15, 0.2) is 0 Å². The number of carboxylic acids is 1. The molecule has 0 spiro atoms. The van der Waals surface area contributed by atoms with E-state index in [0.29, 0.717) is 6.54 Å². The molecule has 1 aliphatic rings. The molecule has 0 saturated carbocycles. The van der Waals surface area contributed by atoms with Gasteiger partial charge >= 0.3 is 5.97 Å². The van der Waals surface area contributed by atoms with Crippen molar-refractivity contribution in [1.82, 2.24) is 8.61 Å². The van der Waals surface area contributed by atoms with Gasteiger partial charge in [0.25, 0.3) is 10.2 Å². The number of carbonyl (C=O) groups is 1. The third-order valence-corrected chi connectivity index (χ3v) is 4.79. The molecule has 0 radical (unpaired) electrons. The maximum absolute atomic E-state index is 11.9. The van der Waals surface area contributed by atoms with Gasteiger partial charge in [-0.25, -0.2) is 0 Å². The van der Waals surface area contributed by atoms with E-state index in [9.17, 15) is 13.2 Å². The van der Waals surface area contributed by atoms with E-state index in [2.05, 4.69) is 0 Å². The number of hydrogen-bond donors (Lipinski definition) is 1. The van der Waals surface area contributed by atoms with Gasteiger partial charge in [-0.2, -0.15) is 17.0 Å². The van der Waals surface area contributed by atoms with Crippen LogP contribution in [0.5, 0.6) is 0 Å². The Bertz CT molecular complexity index is 352. The summed E-state index contributed by atoms with van der Waals surface area (Å²) in [4.78, 5) is 10.7. The zero-order valence-electron chi connectivity index (χ0n) is 9.04. The summed E-state index contributed by atoms with van der Waals surface area (Å²) < 4.78 is 26.1. The smallest absolute Gasteiger partial charge is 0.321 e. The highest BCUT2D eigenvalue weighted by Gasteiger charge is 2.42. The van der Waals surface area contributed by atoms with Crippen molar-refractivity contribution in [2.24, 2.45) is 0 Å². The molecule has 1 rings (SSSR count). The topological polar surface area (TPSA) is 77.9 Å². The van der Waals surface area contributed by atoms with E-state index in [1.54, 1.807) is 13.8 Å². The van der Waals surface area contributed by atoms with Crippen molar-refractivity contribution in [2.75, 3.05) is 13.1 Å². The van der Waals surface area contributed by atoms with Crippen molar-refractivity contribution in [3.63, 3.8) is 0 Å². The first-order chi connectivity index (χ1) is 6.78. The van der Waals surface area contributed by atoms with Crippen LogP contribution in [0.1, 0.15) is 20.8 Å². The second-order valence-corrected chi connectivity index (χ2v) is 5.67. The molecule has 1 N–H and O–H groups in total. The molecule has 1 atom stereocenters. The molecule has 0 aromatic heterocycles. The van der Waals surface area contributed by atoms with Crippen LogP contribution in [0.4, 0.5) is 0 Å². The van der Waals surface area contributed by atoms with E-state index in [4.69, 9.17) is 5.11 Å². The minimum Gasteiger partial charge on any atom is -0.480 e. The molecule has 0 aliphatic carbocycles. The largest absolute Gasteiger partial charge is 0.480 e. The SMILES string of the molecule is CC(C)N1CCN([C@H](C)C(=O)O)S1(=O)=O. The summed E-state index contributed by atoms with van der Waals surface area (Å²) in [7, 11) is -3.59. The Morgan fingerprint density at radius 3 is 2.00 bits per heavy atom. The van der Waals surface area contributed by atoms with Crippen molar-refractivity contribution in [1.29, 1.82) is 0 Å². The van der Waals surface area contributed by atoms with Gasteiger partial charge in [-0.05, 0) is 20.8 Å². The van der Waals surface area contributed by atoms with Gasteiger partial charge in [0.1, 0.15) is 6.04 Å². The Morgan fingerprint density at radius 1 is 1.20 bits per heavy atom. The van der Waals surface area contributed by atoms with Crippen molar-refractivity contribution in [3.8, 4) is 0 Å². The van der Waals surface area contributed by atoms with Gasteiger partial charge in [0.15, 0.2) is 0 Å². The lowest BCUT2D eigenvalue weighted by molar-refractivity contribution is -0.140. The van der Waals surface area contributed by atoms with Crippen molar-refractivity contribution >= 4 is 16.2 Å². The number of rotatable bonds is 3.